The monoisotopic (exact) mass is 343 g/mol. The second-order valence-electron chi connectivity index (χ2n) is 5.21. The molecular weight excluding hydrogens is 325 g/mol. The van der Waals surface area contributed by atoms with E-state index < -0.39 is 5.82 Å². The van der Waals surface area contributed by atoms with Gasteiger partial charge in [0.1, 0.15) is 5.82 Å². The Bertz CT molecular complexity index is 497. The van der Waals surface area contributed by atoms with Gasteiger partial charge in [-0.3, -0.25) is 9.69 Å². The molecule has 1 N–H and O–H groups in total. The molecule has 110 valence electrons. The van der Waals surface area contributed by atoms with Gasteiger partial charge in [0.25, 0.3) is 5.91 Å². The lowest BCUT2D eigenvalue weighted by molar-refractivity contribution is 0.0877. The highest BCUT2D eigenvalue weighted by Crippen LogP contribution is 2.18. The van der Waals surface area contributed by atoms with Gasteiger partial charge in [0.2, 0.25) is 0 Å². The Balaban J connectivity index is 1.96. The van der Waals surface area contributed by atoms with Gasteiger partial charge in [-0.15, -0.1) is 0 Å². The maximum atomic E-state index is 13.8. The fraction of sp³-hybridized carbons (Fsp3) is 0.500. The fourth-order valence-corrected chi connectivity index (χ4v) is 2.67. The molecule has 1 amide bonds. The van der Waals surface area contributed by atoms with Gasteiger partial charge in [-0.2, -0.15) is 0 Å². The van der Waals surface area contributed by atoms with Crippen molar-refractivity contribution < 1.29 is 9.18 Å². The van der Waals surface area contributed by atoms with Crippen LogP contribution < -0.4 is 5.32 Å². The summed E-state index contributed by atoms with van der Waals surface area (Å²) in [6.07, 6.45) is 0. The molecule has 1 saturated heterocycles. The second kappa shape index (κ2) is 6.65. The maximum absolute atomic E-state index is 13.8. The van der Waals surface area contributed by atoms with Gasteiger partial charge in [-0.1, -0.05) is 6.07 Å². The van der Waals surface area contributed by atoms with Gasteiger partial charge in [0, 0.05) is 32.2 Å². The molecule has 0 aromatic heterocycles. The molecule has 1 heterocycles. The topological polar surface area (TPSA) is 35.6 Å². The molecule has 0 radical (unpaired) electrons. The summed E-state index contributed by atoms with van der Waals surface area (Å²) in [5.41, 5.74) is 0.0752. The van der Waals surface area contributed by atoms with Crippen molar-refractivity contribution in [2.75, 3.05) is 40.3 Å². The second-order valence-corrected chi connectivity index (χ2v) is 6.06. The van der Waals surface area contributed by atoms with Crippen LogP contribution in [0, 0.1) is 5.82 Å². The molecule has 1 aliphatic heterocycles. The lowest BCUT2D eigenvalue weighted by atomic mass is 10.1. The van der Waals surface area contributed by atoms with E-state index in [1.165, 1.54) is 6.07 Å². The van der Waals surface area contributed by atoms with E-state index in [0.717, 1.165) is 19.6 Å². The highest BCUT2D eigenvalue weighted by molar-refractivity contribution is 9.10. The summed E-state index contributed by atoms with van der Waals surface area (Å²) in [4.78, 5) is 16.5. The molecule has 0 aliphatic carbocycles. The van der Waals surface area contributed by atoms with Crippen molar-refractivity contribution in [3.8, 4) is 0 Å². The summed E-state index contributed by atoms with van der Waals surface area (Å²) in [6, 6.07) is 4.98. The van der Waals surface area contributed by atoms with E-state index in [-0.39, 0.29) is 17.5 Å². The number of benzene rings is 1. The first-order chi connectivity index (χ1) is 9.49. The van der Waals surface area contributed by atoms with Crippen LogP contribution in [0.2, 0.25) is 0 Å². The number of piperazine rings is 1. The van der Waals surface area contributed by atoms with Crippen LogP contribution in [0.3, 0.4) is 0 Å². The average Bonchev–Trinajstić information content (AvgIpc) is 2.42. The Morgan fingerprint density at radius 2 is 2.20 bits per heavy atom. The molecule has 1 unspecified atom stereocenters. The summed E-state index contributed by atoms with van der Waals surface area (Å²) in [7, 11) is 4.11. The summed E-state index contributed by atoms with van der Waals surface area (Å²) in [5, 5.41) is 2.82. The van der Waals surface area contributed by atoms with Crippen LogP contribution in [0.1, 0.15) is 10.4 Å². The van der Waals surface area contributed by atoms with E-state index in [1.807, 2.05) is 7.05 Å². The molecule has 0 spiro atoms. The molecule has 6 heteroatoms. The Morgan fingerprint density at radius 3 is 2.95 bits per heavy atom. The third-order valence-electron chi connectivity index (χ3n) is 3.67. The van der Waals surface area contributed by atoms with Crippen molar-refractivity contribution in [3.63, 3.8) is 0 Å². The third kappa shape index (κ3) is 3.56. The molecule has 2 rings (SSSR count). The summed E-state index contributed by atoms with van der Waals surface area (Å²) >= 11 is 3.09. The number of hydrogen-bond donors (Lipinski definition) is 1. The smallest absolute Gasteiger partial charge is 0.254 e. The van der Waals surface area contributed by atoms with Crippen LogP contribution in [-0.4, -0.2) is 62.0 Å². The van der Waals surface area contributed by atoms with Crippen molar-refractivity contribution in [1.82, 2.24) is 15.1 Å². The van der Waals surface area contributed by atoms with Crippen LogP contribution in [0.25, 0.3) is 0 Å². The highest BCUT2D eigenvalue weighted by Gasteiger charge is 2.23. The Labute approximate surface area is 127 Å². The standard InChI is InChI=1S/C14H19BrFN3O/c1-18-6-7-19(2)10(9-18)8-17-14(20)11-4-3-5-12(15)13(11)16/h3-5,10H,6-9H2,1-2H3,(H,17,20). The van der Waals surface area contributed by atoms with Crippen LogP contribution in [0.4, 0.5) is 4.39 Å². The number of rotatable bonds is 3. The number of carbonyl (C=O) groups excluding carboxylic acids is 1. The normalized spacial score (nSPS) is 20.9. The van der Waals surface area contributed by atoms with Crippen molar-refractivity contribution in [2.24, 2.45) is 0 Å². The Hall–Kier alpha value is -0.980. The van der Waals surface area contributed by atoms with Crippen LogP contribution in [0.15, 0.2) is 22.7 Å². The quantitative estimate of drug-likeness (QED) is 0.904. The van der Waals surface area contributed by atoms with E-state index in [1.54, 1.807) is 12.1 Å². The lowest BCUT2D eigenvalue weighted by Crippen LogP contribution is -2.54. The van der Waals surface area contributed by atoms with Crippen molar-refractivity contribution >= 4 is 21.8 Å². The molecule has 1 fully saturated rings. The van der Waals surface area contributed by atoms with Crippen LogP contribution >= 0.6 is 15.9 Å². The van der Waals surface area contributed by atoms with Crippen molar-refractivity contribution in [3.05, 3.63) is 34.1 Å². The minimum absolute atomic E-state index is 0.0752. The predicted molar refractivity (Wildman–Crippen MR) is 80.3 cm³/mol. The first-order valence-electron chi connectivity index (χ1n) is 6.60. The number of likely N-dealkylation sites (N-methyl/N-ethyl adjacent to an activating group) is 2. The third-order valence-corrected chi connectivity index (χ3v) is 4.29. The Morgan fingerprint density at radius 1 is 1.45 bits per heavy atom. The number of halogens is 2. The lowest BCUT2D eigenvalue weighted by Gasteiger charge is -2.37. The maximum Gasteiger partial charge on any atom is 0.254 e. The minimum Gasteiger partial charge on any atom is -0.350 e. The molecule has 1 aromatic rings. The van der Waals surface area contributed by atoms with Gasteiger partial charge in [0.05, 0.1) is 10.0 Å². The largest absolute Gasteiger partial charge is 0.350 e. The van der Waals surface area contributed by atoms with E-state index in [9.17, 15) is 9.18 Å². The van der Waals surface area contributed by atoms with Crippen LogP contribution in [0.5, 0.6) is 0 Å². The summed E-state index contributed by atoms with van der Waals surface area (Å²) < 4.78 is 14.1. The van der Waals surface area contributed by atoms with Crippen LogP contribution in [-0.2, 0) is 0 Å². The summed E-state index contributed by atoms with van der Waals surface area (Å²) in [5.74, 6) is -0.885. The van der Waals surface area contributed by atoms with Crippen molar-refractivity contribution in [2.45, 2.75) is 6.04 Å². The Kier molecular flexibility index (Phi) is 5.12. The van der Waals surface area contributed by atoms with E-state index in [2.05, 4.69) is 38.1 Å². The SMILES string of the molecule is CN1CCN(C)C(CNC(=O)c2cccc(Br)c2F)C1. The number of hydrogen-bond acceptors (Lipinski definition) is 3. The van der Waals surface area contributed by atoms with Crippen molar-refractivity contribution in [1.29, 1.82) is 0 Å². The first-order valence-corrected chi connectivity index (χ1v) is 7.39. The first kappa shape index (κ1) is 15.4. The zero-order chi connectivity index (χ0) is 14.7. The van der Waals surface area contributed by atoms with Gasteiger partial charge in [-0.05, 0) is 42.2 Å². The van der Waals surface area contributed by atoms with Gasteiger partial charge >= 0.3 is 0 Å². The number of nitrogens with zero attached hydrogens (tertiary/aromatic N) is 2. The molecule has 20 heavy (non-hydrogen) atoms. The number of amides is 1. The predicted octanol–water partition coefficient (Wildman–Crippen LogP) is 1.56. The van der Waals surface area contributed by atoms with E-state index in [0.29, 0.717) is 11.0 Å². The van der Waals surface area contributed by atoms with E-state index in [4.69, 9.17) is 0 Å². The molecule has 1 aromatic carbocycles. The molecule has 0 bridgehead atoms. The molecule has 1 atom stereocenters. The van der Waals surface area contributed by atoms with Gasteiger partial charge < -0.3 is 10.2 Å². The van der Waals surface area contributed by atoms with Gasteiger partial charge in [-0.25, -0.2) is 4.39 Å². The molecule has 0 saturated carbocycles. The highest BCUT2D eigenvalue weighted by atomic mass is 79.9. The fourth-order valence-electron chi connectivity index (χ4n) is 2.31. The number of carbonyl (C=O) groups is 1. The molecular formula is C14H19BrFN3O. The zero-order valence-corrected chi connectivity index (χ0v) is 13.3. The summed E-state index contributed by atoms with van der Waals surface area (Å²) in [6.45, 7) is 3.42. The average molecular weight is 344 g/mol. The van der Waals surface area contributed by atoms with Gasteiger partial charge in [0.15, 0.2) is 0 Å². The number of nitrogens with one attached hydrogen (secondary N) is 1. The molecule has 1 aliphatic rings. The molecule has 4 nitrogen and oxygen atoms in total. The minimum atomic E-state index is -0.515. The van der Waals surface area contributed by atoms with E-state index >= 15 is 0 Å². The zero-order valence-electron chi connectivity index (χ0n) is 11.7.